The molecule has 0 saturated heterocycles. The molecule has 6 nitrogen and oxygen atoms in total. The topological polar surface area (TPSA) is 81.4 Å². The van der Waals surface area contributed by atoms with Gasteiger partial charge in [-0.2, -0.15) is 0 Å². The molecule has 0 bridgehead atoms. The maximum absolute atomic E-state index is 11.7. The molecule has 128 valence electrons. The van der Waals surface area contributed by atoms with E-state index in [2.05, 4.69) is 10.5 Å². The highest BCUT2D eigenvalue weighted by Crippen LogP contribution is 2.19. The number of hydrogen-bond donors (Lipinski definition) is 1. The normalized spacial score (nSPS) is 10.5. The summed E-state index contributed by atoms with van der Waals surface area (Å²) in [7, 11) is 0. The summed E-state index contributed by atoms with van der Waals surface area (Å²) >= 11 is 7.21. The van der Waals surface area contributed by atoms with E-state index in [9.17, 15) is 9.59 Å². The van der Waals surface area contributed by atoms with Crippen LogP contribution < -0.4 is 5.32 Å². The van der Waals surface area contributed by atoms with Crippen molar-refractivity contribution < 1.29 is 18.8 Å². The van der Waals surface area contributed by atoms with Crippen LogP contribution in [0, 0.1) is 13.8 Å². The molecule has 2 aromatic rings. The van der Waals surface area contributed by atoms with Gasteiger partial charge in [-0.25, -0.2) is 0 Å². The number of nitrogens with zero attached hydrogens (tertiary/aromatic N) is 1. The van der Waals surface area contributed by atoms with E-state index in [-0.39, 0.29) is 12.4 Å². The van der Waals surface area contributed by atoms with Crippen molar-refractivity contribution in [3.8, 4) is 0 Å². The summed E-state index contributed by atoms with van der Waals surface area (Å²) in [6.45, 7) is 3.34. The molecule has 1 heterocycles. The molecule has 1 aromatic carbocycles. The van der Waals surface area contributed by atoms with E-state index < -0.39 is 11.9 Å². The number of amides is 1. The highest BCUT2D eigenvalue weighted by atomic mass is 35.5. The zero-order chi connectivity index (χ0) is 17.5. The van der Waals surface area contributed by atoms with E-state index in [0.29, 0.717) is 16.5 Å². The zero-order valence-electron chi connectivity index (χ0n) is 13.3. The molecule has 0 aliphatic rings. The van der Waals surface area contributed by atoms with Gasteiger partial charge in [0.15, 0.2) is 6.61 Å². The maximum Gasteiger partial charge on any atom is 0.316 e. The summed E-state index contributed by atoms with van der Waals surface area (Å²) in [6, 6.07) is 6.73. The first-order valence-corrected chi connectivity index (χ1v) is 8.69. The minimum Gasteiger partial charge on any atom is -0.455 e. The molecule has 0 atom stereocenters. The molecular formula is C16H17ClN2O4S. The van der Waals surface area contributed by atoms with Crippen LogP contribution in [-0.2, 0) is 20.1 Å². The fraction of sp³-hybridized carbons (Fsp3) is 0.312. The second kappa shape index (κ2) is 8.75. The molecule has 1 amide bonds. The van der Waals surface area contributed by atoms with Crippen molar-refractivity contribution in [1.82, 2.24) is 5.16 Å². The predicted molar refractivity (Wildman–Crippen MR) is 93.2 cm³/mol. The Kier molecular flexibility index (Phi) is 6.69. The second-order valence-electron chi connectivity index (χ2n) is 5.01. The van der Waals surface area contributed by atoms with Gasteiger partial charge in [0.25, 0.3) is 5.91 Å². The number of carbonyl (C=O) groups excluding carboxylic acids is 2. The van der Waals surface area contributed by atoms with Crippen LogP contribution in [-0.4, -0.2) is 29.4 Å². The lowest BCUT2D eigenvalue weighted by molar-refractivity contribution is -0.144. The summed E-state index contributed by atoms with van der Waals surface area (Å²) < 4.78 is 10.00. The number of halogens is 1. The molecule has 2 rings (SSSR count). The van der Waals surface area contributed by atoms with Crippen molar-refractivity contribution in [2.24, 2.45) is 0 Å². The molecule has 0 aliphatic carbocycles. The SMILES string of the molecule is Cc1noc(C)c1CSCC(=O)OCC(=O)Nc1cccc(Cl)c1. The number of hydrogen-bond acceptors (Lipinski definition) is 6. The van der Waals surface area contributed by atoms with Gasteiger partial charge < -0.3 is 14.6 Å². The highest BCUT2D eigenvalue weighted by molar-refractivity contribution is 7.99. The fourth-order valence-electron chi connectivity index (χ4n) is 1.90. The minimum absolute atomic E-state index is 0.147. The van der Waals surface area contributed by atoms with Crippen molar-refractivity contribution in [2.75, 3.05) is 17.7 Å². The highest BCUT2D eigenvalue weighted by Gasteiger charge is 2.12. The number of rotatable bonds is 7. The van der Waals surface area contributed by atoms with E-state index in [1.54, 1.807) is 24.3 Å². The molecule has 1 aromatic heterocycles. The van der Waals surface area contributed by atoms with Gasteiger partial charge in [-0.3, -0.25) is 9.59 Å². The van der Waals surface area contributed by atoms with Crippen LogP contribution in [0.25, 0.3) is 0 Å². The number of esters is 1. The van der Waals surface area contributed by atoms with E-state index in [0.717, 1.165) is 17.0 Å². The third-order valence-corrected chi connectivity index (χ3v) is 4.29. The van der Waals surface area contributed by atoms with Crippen LogP contribution in [0.1, 0.15) is 17.0 Å². The van der Waals surface area contributed by atoms with Gasteiger partial charge in [-0.15, -0.1) is 11.8 Å². The lowest BCUT2D eigenvalue weighted by Crippen LogP contribution is -2.21. The molecule has 0 saturated carbocycles. The van der Waals surface area contributed by atoms with E-state index >= 15 is 0 Å². The van der Waals surface area contributed by atoms with Crippen LogP contribution in [0.3, 0.4) is 0 Å². The smallest absolute Gasteiger partial charge is 0.316 e. The first-order chi connectivity index (χ1) is 11.5. The predicted octanol–water partition coefficient (Wildman–Crippen LogP) is 3.36. The van der Waals surface area contributed by atoms with Crippen LogP contribution in [0.4, 0.5) is 5.69 Å². The van der Waals surface area contributed by atoms with Crippen LogP contribution in [0.2, 0.25) is 5.02 Å². The Labute approximate surface area is 148 Å². The lowest BCUT2D eigenvalue weighted by Gasteiger charge is -2.07. The van der Waals surface area contributed by atoms with Gasteiger partial charge >= 0.3 is 5.97 Å². The molecule has 0 spiro atoms. The van der Waals surface area contributed by atoms with E-state index in [1.165, 1.54) is 11.8 Å². The first kappa shape index (κ1) is 18.4. The summed E-state index contributed by atoms with van der Waals surface area (Å²) in [5.41, 5.74) is 2.34. The Morgan fingerprint density at radius 1 is 1.38 bits per heavy atom. The molecule has 0 unspecified atom stereocenters. The van der Waals surface area contributed by atoms with Gasteiger partial charge in [0.2, 0.25) is 0 Å². The minimum atomic E-state index is -0.451. The quantitative estimate of drug-likeness (QED) is 0.754. The summed E-state index contributed by atoms with van der Waals surface area (Å²) in [5.74, 6) is 0.628. The van der Waals surface area contributed by atoms with Crippen molar-refractivity contribution in [1.29, 1.82) is 0 Å². The van der Waals surface area contributed by atoms with Crippen molar-refractivity contribution in [3.63, 3.8) is 0 Å². The molecular weight excluding hydrogens is 352 g/mol. The van der Waals surface area contributed by atoms with Crippen molar-refractivity contribution >= 4 is 40.9 Å². The Balaban J connectivity index is 1.68. The Hall–Kier alpha value is -1.99. The van der Waals surface area contributed by atoms with Gasteiger partial charge in [0.05, 0.1) is 11.4 Å². The molecule has 8 heteroatoms. The number of nitrogens with one attached hydrogen (secondary N) is 1. The van der Waals surface area contributed by atoms with E-state index in [1.807, 2.05) is 13.8 Å². The summed E-state index contributed by atoms with van der Waals surface area (Å²) in [4.78, 5) is 23.4. The van der Waals surface area contributed by atoms with Gasteiger partial charge in [0, 0.05) is 22.0 Å². The van der Waals surface area contributed by atoms with Gasteiger partial charge in [-0.1, -0.05) is 22.8 Å². The average molecular weight is 369 g/mol. The summed E-state index contributed by atoms with van der Waals surface area (Å²) in [5, 5.41) is 6.97. The largest absolute Gasteiger partial charge is 0.455 e. The monoisotopic (exact) mass is 368 g/mol. The number of aryl methyl sites for hydroxylation is 2. The average Bonchev–Trinajstić information content (AvgIpc) is 2.85. The van der Waals surface area contributed by atoms with Gasteiger partial charge in [0.1, 0.15) is 5.76 Å². The number of anilines is 1. The van der Waals surface area contributed by atoms with Crippen LogP contribution in [0.15, 0.2) is 28.8 Å². The molecule has 0 fully saturated rings. The van der Waals surface area contributed by atoms with Crippen LogP contribution >= 0.6 is 23.4 Å². The third-order valence-electron chi connectivity index (χ3n) is 3.12. The number of benzene rings is 1. The van der Waals surface area contributed by atoms with Crippen molar-refractivity contribution in [3.05, 3.63) is 46.3 Å². The number of carbonyl (C=O) groups is 2. The Morgan fingerprint density at radius 3 is 2.83 bits per heavy atom. The van der Waals surface area contributed by atoms with Gasteiger partial charge in [-0.05, 0) is 32.0 Å². The van der Waals surface area contributed by atoms with Crippen LogP contribution in [0.5, 0.6) is 0 Å². The zero-order valence-corrected chi connectivity index (χ0v) is 14.9. The maximum atomic E-state index is 11.7. The Morgan fingerprint density at radius 2 is 2.17 bits per heavy atom. The number of thioether (sulfide) groups is 1. The molecule has 0 aliphatic heterocycles. The Bertz CT molecular complexity index is 713. The molecule has 0 radical (unpaired) electrons. The number of aromatic nitrogens is 1. The van der Waals surface area contributed by atoms with Crippen molar-refractivity contribution in [2.45, 2.75) is 19.6 Å². The molecule has 24 heavy (non-hydrogen) atoms. The first-order valence-electron chi connectivity index (χ1n) is 7.16. The standard InChI is InChI=1S/C16H17ClN2O4S/c1-10-14(11(2)23-19-10)8-24-9-16(21)22-7-15(20)18-13-5-3-4-12(17)6-13/h3-6H,7-9H2,1-2H3,(H,18,20). The lowest BCUT2D eigenvalue weighted by atomic mass is 10.2. The molecule has 1 N–H and O–H groups in total. The fourth-order valence-corrected chi connectivity index (χ4v) is 3.05. The third kappa shape index (κ3) is 5.58. The summed E-state index contributed by atoms with van der Waals surface area (Å²) in [6.07, 6.45) is 0. The number of ether oxygens (including phenoxy) is 1. The second-order valence-corrected chi connectivity index (χ2v) is 6.44. The van der Waals surface area contributed by atoms with E-state index in [4.69, 9.17) is 20.9 Å².